The molecule has 0 saturated carbocycles. The maximum absolute atomic E-state index is 13.6. The summed E-state index contributed by atoms with van der Waals surface area (Å²) < 4.78 is 10.9. The monoisotopic (exact) mass is 603 g/mol. The summed E-state index contributed by atoms with van der Waals surface area (Å²) in [7, 11) is 0. The van der Waals surface area contributed by atoms with E-state index in [0.717, 1.165) is 24.8 Å². The van der Waals surface area contributed by atoms with E-state index in [-0.39, 0.29) is 38.6 Å². The van der Waals surface area contributed by atoms with Gasteiger partial charge < -0.3 is 25.4 Å². The number of alkyl carbamates (subject to hydrolysis) is 1. The summed E-state index contributed by atoms with van der Waals surface area (Å²) in [5.74, 6) is -0.532. The van der Waals surface area contributed by atoms with E-state index in [1.165, 1.54) is 0 Å². The molecule has 0 bridgehead atoms. The molecule has 0 heterocycles. The Hall–Kier alpha value is -3.71. The number of hydrogen-bond donors (Lipinski definition) is 5. The zero-order valence-electron chi connectivity index (χ0n) is 25.4. The molecule has 0 saturated heterocycles. The van der Waals surface area contributed by atoms with E-state index in [1.54, 1.807) is 39.0 Å². The number of unbranched alkanes of at least 4 members (excludes halogenated alkanes) is 2. The van der Waals surface area contributed by atoms with Crippen LogP contribution in [-0.4, -0.2) is 65.9 Å². The molecule has 238 valence electrons. The number of carbonyl (C=O) groups excluding carboxylic acids is 3. The highest BCUT2D eigenvalue weighted by Gasteiger charge is 2.29. The van der Waals surface area contributed by atoms with Crippen molar-refractivity contribution in [3.63, 3.8) is 0 Å². The van der Waals surface area contributed by atoms with Crippen molar-refractivity contribution in [1.29, 1.82) is 0 Å². The standard InChI is InChI=1S/C31H45N3O9/c1-5-6-10-15-32-28(35)25(20-23-13-14-27(40-16-17-41-38)24(18-23)21-42-39)33-29(36)26(19-22-11-8-7-9-12-22)34-30(37)43-31(2,3)4/h7-9,11-14,18,25-26,38-39H,5-6,10,15-17,19-21H2,1-4H3,(H,32,35)(H,33,36)(H,34,37). The van der Waals surface area contributed by atoms with Crippen molar-refractivity contribution in [2.45, 2.75) is 84.1 Å². The molecule has 0 spiro atoms. The molecule has 0 aliphatic carbocycles. The van der Waals surface area contributed by atoms with E-state index < -0.39 is 29.7 Å². The Balaban J connectivity index is 2.30. The van der Waals surface area contributed by atoms with Gasteiger partial charge in [0.05, 0.1) is 0 Å². The summed E-state index contributed by atoms with van der Waals surface area (Å²) in [6, 6.07) is 12.3. The summed E-state index contributed by atoms with van der Waals surface area (Å²) in [5, 5.41) is 26.0. The fraction of sp³-hybridized carbons (Fsp3) is 0.516. The largest absolute Gasteiger partial charge is 0.491 e. The molecule has 2 aromatic carbocycles. The minimum atomic E-state index is -1.02. The Morgan fingerprint density at radius 1 is 0.837 bits per heavy atom. The van der Waals surface area contributed by atoms with Crippen LogP contribution in [0.4, 0.5) is 4.79 Å². The summed E-state index contributed by atoms with van der Waals surface area (Å²) >= 11 is 0. The van der Waals surface area contributed by atoms with Crippen molar-refractivity contribution in [1.82, 2.24) is 16.0 Å². The van der Waals surface area contributed by atoms with E-state index in [4.69, 9.17) is 20.0 Å². The molecular formula is C31H45N3O9. The molecule has 0 aromatic heterocycles. The predicted octanol–water partition coefficient (Wildman–Crippen LogP) is 4.01. The molecule has 0 fully saturated rings. The fourth-order valence-corrected chi connectivity index (χ4v) is 4.21. The van der Waals surface area contributed by atoms with Gasteiger partial charge in [0, 0.05) is 24.9 Å². The number of ether oxygens (including phenoxy) is 2. The lowest BCUT2D eigenvalue weighted by molar-refractivity contribution is -0.253. The molecule has 3 amide bonds. The van der Waals surface area contributed by atoms with Gasteiger partial charge in [-0.05, 0) is 50.5 Å². The van der Waals surface area contributed by atoms with Crippen LogP contribution in [0.5, 0.6) is 5.75 Å². The smallest absolute Gasteiger partial charge is 0.408 e. The van der Waals surface area contributed by atoms with E-state index in [1.807, 2.05) is 30.3 Å². The average Bonchev–Trinajstić information content (AvgIpc) is 2.95. The van der Waals surface area contributed by atoms with E-state index in [2.05, 4.69) is 32.6 Å². The van der Waals surface area contributed by atoms with Crippen molar-refractivity contribution in [2.75, 3.05) is 19.8 Å². The molecule has 5 N–H and O–H groups in total. The second-order valence-electron chi connectivity index (χ2n) is 11.0. The van der Waals surface area contributed by atoms with Crippen LogP contribution >= 0.6 is 0 Å². The number of hydrogen-bond acceptors (Lipinski definition) is 9. The predicted molar refractivity (Wildman–Crippen MR) is 159 cm³/mol. The minimum Gasteiger partial charge on any atom is -0.491 e. The van der Waals surface area contributed by atoms with E-state index in [9.17, 15) is 14.4 Å². The highest BCUT2D eigenvalue weighted by atomic mass is 17.1. The second-order valence-corrected chi connectivity index (χ2v) is 11.0. The molecule has 0 aliphatic heterocycles. The summed E-state index contributed by atoms with van der Waals surface area (Å²) in [5.41, 5.74) is 1.19. The lowest BCUT2D eigenvalue weighted by Gasteiger charge is -2.25. The topological polar surface area (TPSA) is 165 Å². The molecule has 12 heteroatoms. The quantitative estimate of drug-likeness (QED) is 0.0962. The van der Waals surface area contributed by atoms with Crippen molar-refractivity contribution >= 4 is 17.9 Å². The molecule has 2 unspecified atom stereocenters. The molecule has 43 heavy (non-hydrogen) atoms. The Kier molecular flexibility index (Phi) is 15.5. The first kappa shape index (κ1) is 35.5. The SMILES string of the molecule is CCCCCNC(=O)C(Cc1ccc(OCCOO)c(COO)c1)NC(=O)C(Cc1ccccc1)NC(=O)OC(C)(C)C. The summed E-state index contributed by atoms with van der Waals surface area (Å²) in [6.07, 6.45) is 2.26. The molecule has 0 radical (unpaired) electrons. The first-order valence-electron chi connectivity index (χ1n) is 14.4. The van der Waals surface area contributed by atoms with Crippen LogP contribution in [0.1, 0.15) is 63.6 Å². The van der Waals surface area contributed by atoms with Crippen LogP contribution in [0.3, 0.4) is 0 Å². The van der Waals surface area contributed by atoms with Gasteiger partial charge in [0.2, 0.25) is 11.8 Å². The van der Waals surface area contributed by atoms with Gasteiger partial charge >= 0.3 is 6.09 Å². The first-order chi connectivity index (χ1) is 20.6. The number of rotatable bonds is 18. The number of nitrogens with one attached hydrogen (secondary N) is 3. The zero-order chi connectivity index (χ0) is 31.7. The number of amides is 3. The summed E-state index contributed by atoms with van der Waals surface area (Å²) in [4.78, 5) is 48.0. The Morgan fingerprint density at radius 3 is 2.19 bits per heavy atom. The van der Waals surface area contributed by atoms with Gasteiger partial charge in [0.25, 0.3) is 0 Å². The number of carbonyl (C=O) groups is 3. The van der Waals surface area contributed by atoms with E-state index in [0.29, 0.717) is 23.4 Å². The maximum atomic E-state index is 13.6. The Bertz CT molecular complexity index is 1140. The molecule has 12 nitrogen and oxygen atoms in total. The lowest BCUT2D eigenvalue weighted by Crippen LogP contribution is -2.55. The minimum absolute atomic E-state index is 0.0561. The Morgan fingerprint density at radius 2 is 1.53 bits per heavy atom. The highest BCUT2D eigenvalue weighted by molar-refractivity contribution is 5.91. The average molecular weight is 604 g/mol. The molecule has 2 rings (SSSR count). The molecule has 2 aromatic rings. The van der Waals surface area contributed by atoms with Crippen molar-refractivity contribution in [2.24, 2.45) is 0 Å². The number of benzene rings is 2. The van der Waals surface area contributed by atoms with Crippen LogP contribution in [-0.2, 0) is 43.5 Å². The third kappa shape index (κ3) is 13.9. The van der Waals surface area contributed by atoms with Gasteiger partial charge in [-0.2, -0.15) is 0 Å². The van der Waals surface area contributed by atoms with Gasteiger partial charge in [0.15, 0.2) is 0 Å². The fourth-order valence-electron chi connectivity index (χ4n) is 4.21. The normalized spacial score (nSPS) is 12.6. The highest BCUT2D eigenvalue weighted by Crippen LogP contribution is 2.22. The van der Waals surface area contributed by atoms with Crippen molar-refractivity contribution in [3.05, 3.63) is 65.2 Å². The van der Waals surface area contributed by atoms with Gasteiger partial charge in [0.1, 0.15) is 43.3 Å². The second kappa shape index (κ2) is 18.7. The Labute approximate surface area is 252 Å². The van der Waals surface area contributed by atoms with Gasteiger partial charge in [-0.3, -0.25) is 20.1 Å². The van der Waals surface area contributed by atoms with Crippen molar-refractivity contribution < 1.29 is 44.1 Å². The van der Waals surface area contributed by atoms with Gasteiger partial charge in [-0.25, -0.2) is 14.6 Å². The van der Waals surface area contributed by atoms with E-state index >= 15 is 0 Å². The van der Waals surface area contributed by atoms with Gasteiger partial charge in [-0.15, -0.1) is 0 Å². The third-order valence-electron chi connectivity index (χ3n) is 6.22. The van der Waals surface area contributed by atoms with Crippen molar-refractivity contribution in [3.8, 4) is 5.75 Å². The zero-order valence-corrected chi connectivity index (χ0v) is 25.4. The van der Waals surface area contributed by atoms with Crippen LogP contribution < -0.4 is 20.7 Å². The van der Waals surface area contributed by atoms with Crippen LogP contribution in [0.2, 0.25) is 0 Å². The third-order valence-corrected chi connectivity index (χ3v) is 6.22. The lowest BCUT2D eigenvalue weighted by atomic mass is 10.0. The molecule has 2 atom stereocenters. The first-order valence-corrected chi connectivity index (χ1v) is 14.4. The molecule has 0 aliphatic rings. The van der Waals surface area contributed by atoms with Crippen LogP contribution in [0.15, 0.2) is 48.5 Å². The maximum Gasteiger partial charge on any atom is 0.408 e. The molecular weight excluding hydrogens is 558 g/mol. The van der Waals surface area contributed by atoms with Crippen LogP contribution in [0.25, 0.3) is 0 Å². The van der Waals surface area contributed by atoms with Gasteiger partial charge in [-0.1, -0.05) is 56.2 Å². The van der Waals surface area contributed by atoms with Crippen LogP contribution in [0, 0.1) is 0 Å². The summed E-state index contributed by atoms with van der Waals surface area (Å²) in [6.45, 7) is 7.50.